The Kier molecular flexibility index (Phi) is 5.91. The molecule has 1 amide bonds. The lowest BCUT2D eigenvalue weighted by atomic mass is 9.82. The molecule has 5 heteroatoms. The molecule has 0 fully saturated rings. The first kappa shape index (κ1) is 18.7. The first-order valence-corrected chi connectivity index (χ1v) is 8.97. The van der Waals surface area contributed by atoms with E-state index < -0.39 is 5.97 Å². The highest BCUT2D eigenvalue weighted by Gasteiger charge is 2.33. The van der Waals surface area contributed by atoms with Gasteiger partial charge in [-0.15, -0.1) is 0 Å². The number of benzene rings is 2. The van der Waals surface area contributed by atoms with Crippen LogP contribution >= 0.6 is 0 Å². The molecular formula is C22H23NO4. The van der Waals surface area contributed by atoms with Crippen molar-refractivity contribution in [2.24, 2.45) is 0 Å². The number of nitrogens with one attached hydrogen (secondary N) is 1. The number of ether oxygens (including phenoxy) is 2. The molecule has 2 aromatic rings. The largest absolute Gasteiger partial charge is 0.490 e. The Labute approximate surface area is 159 Å². The molecule has 1 aliphatic heterocycles. The Hall–Kier alpha value is -3.08. The number of para-hydroxylation sites is 1. The van der Waals surface area contributed by atoms with E-state index in [1.54, 1.807) is 6.92 Å². The summed E-state index contributed by atoms with van der Waals surface area (Å²) >= 11 is 0. The molecule has 1 atom stereocenters. The Morgan fingerprint density at radius 2 is 1.74 bits per heavy atom. The number of hydrogen-bond donors (Lipinski definition) is 1. The average molecular weight is 365 g/mol. The summed E-state index contributed by atoms with van der Waals surface area (Å²) in [7, 11) is 0. The van der Waals surface area contributed by atoms with Crippen molar-refractivity contribution in [1.82, 2.24) is 5.32 Å². The first-order chi connectivity index (χ1) is 13.1. The molecule has 5 nitrogen and oxygen atoms in total. The number of amides is 1. The van der Waals surface area contributed by atoms with E-state index in [-0.39, 0.29) is 31.5 Å². The van der Waals surface area contributed by atoms with Gasteiger partial charge >= 0.3 is 5.97 Å². The molecule has 1 heterocycles. The first-order valence-electron chi connectivity index (χ1n) is 8.97. The van der Waals surface area contributed by atoms with Crippen molar-refractivity contribution in [2.45, 2.75) is 26.2 Å². The maximum Gasteiger partial charge on any atom is 0.336 e. The van der Waals surface area contributed by atoms with E-state index in [0.29, 0.717) is 11.3 Å². The van der Waals surface area contributed by atoms with Crippen molar-refractivity contribution < 1.29 is 19.1 Å². The van der Waals surface area contributed by atoms with E-state index in [2.05, 4.69) is 5.32 Å². The highest BCUT2D eigenvalue weighted by molar-refractivity contribution is 5.95. The Balaban J connectivity index is 1.69. The number of aryl methyl sites for hydroxylation is 1. The lowest BCUT2D eigenvalue weighted by molar-refractivity contribution is -0.140. The summed E-state index contributed by atoms with van der Waals surface area (Å²) < 4.78 is 11.0. The van der Waals surface area contributed by atoms with Gasteiger partial charge < -0.3 is 14.8 Å². The van der Waals surface area contributed by atoms with Gasteiger partial charge in [0.05, 0.1) is 5.57 Å². The van der Waals surface area contributed by atoms with Crippen LogP contribution in [0.2, 0.25) is 0 Å². The van der Waals surface area contributed by atoms with Crippen LogP contribution in [0.3, 0.4) is 0 Å². The van der Waals surface area contributed by atoms with Gasteiger partial charge in [-0.3, -0.25) is 4.79 Å². The van der Waals surface area contributed by atoms with Gasteiger partial charge in [0, 0.05) is 18.0 Å². The lowest BCUT2D eigenvalue weighted by Gasteiger charge is -2.27. The van der Waals surface area contributed by atoms with Crippen molar-refractivity contribution in [3.8, 4) is 5.75 Å². The van der Waals surface area contributed by atoms with E-state index in [9.17, 15) is 9.59 Å². The van der Waals surface area contributed by atoms with Crippen molar-refractivity contribution in [1.29, 1.82) is 0 Å². The minimum atomic E-state index is -0.419. The van der Waals surface area contributed by atoms with Crippen LogP contribution < -0.4 is 10.1 Å². The zero-order chi connectivity index (χ0) is 19.2. The minimum Gasteiger partial charge on any atom is -0.490 e. The van der Waals surface area contributed by atoms with Crippen LogP contribution in [-0.4, -0.2) is 25.1 Å². The monoisotopic (exact) mass is 365 g/mol. The molecule has 0 aromatic heterocycles. The predicted octanol–water partition coefficient (Wildman–Crippen LogP) is 3.49. The van der Waals surface area contributed by atoms with Crippen LogP contribution in [0.25, 0.3) is 0 Å². The minimum absolute atomic E-state index is 0.0929. The number of hydrogen-bond acceptors (Lipinski definition) is 4. The third-order valence-corrected chi connectivity index (χ3v) is 4.58. The number of esters is 1. The van der Waals surface area contributed by atoms with E-state index in [0.717, 1.165) is 16.9 Å². The van der Waals surface area contributed by atoms with E-state index in [1.807, 2.05) is 61.5 Å². The van der Waals surface area contributed by atoms with Gasteiger partial charge in [0.25, 0.3) is 0 Å². The van der Waals surface area contributed by atoms with Crippen LogP contribution in [0.5, 0.6) is 5.75 Å². The van der Waals surface area contributed by atoms with Crippen LogP contribution in [0.1, 0.15) is 30.4 Å². The second-order valence-corrected chi connectivity index (χ2v) is 6.50. The Morgan fingerprint density at radius 1 is 1.04 bits per heavy atom. The molecule has 0 bridgehead atoms. The third kappa shape index (κ3) is 4.56. The second kappa shape index (κ2) is 8.54. The summed E-state index contributed by atoms with van der Waals surface area (Å²) in [4.78, 5) is 24.8. The van der Waals surface area contributed by atoms with E-state index >= 15 is 0 Å². The number of carbonyl (C=O) groups excluding carboxylic acids is 2. The van der Waals surface area contributed by atoms with Gasteiger partial charge in [0.1, 0.15) is 19.0 Å². The number of rotatable bonds is 6. The summed E-state index contributed by atoms with van der Waals surface area (Å²) in [5.41, 5.74) is 3.07. The van der Waals surface area contributed by atoms with E-state index in [1.165, 1.54) is 0 Å². The van der Waals surface area contributed by atoms with Crippen molar-refractivity contribution in [3.63, 3.8) is 0 Å². The van der Waals surface area contributed by atoms with Gasteiger partial charge in [-0.05, 0) is 37.1 Å². The zero-order valence-corrected chi connectivity index (χ0v) is 15.5. The summed E-state index contributed by atoms with van der Waals surface area (Å²) in [6.07, 6.45) is 0.229. The molecule has 1 unspecified atom stereocenters. The van der Waals surface area contributed by atoms with Gasteiger partial charge in [0.15, 0.2) is 0 Å². The van der Waals surface area contributed by atoms with Gasteiger partial charge in [0.2, 0.25) is 5.91 Å². The molecule has 0 spiro atoms. The van der Waals surface area contributed by atoms with Gasteiger partial charge in [-0.1, -0.05) is 42.5 Å². The van der Waals surface area contributed by atoms with Crippen molar-refractivity contribution >= 4 is 11.9 Å². The maximum absolute atomic E-state index is 12.7. The molecule has 3 rings (SSSR count). The number of allylic oxidation sites excluding steroid dienone is 1. The molecular weight excluding hydrogens is 342 g/mol. The summed E-state index contributed by atoms with van der Waals surface area (Å²) in [5.74, 6) is -0.0868. The summed E-state index contributed by atoms with van der Waals surface area (Å²) in [6, 6.07) is 17.2. The quantitative estimate of drug-likeness (QED) is 0.629. The zero-order valence-electron chi connectivity index (χ0n) is 15.5. The van der Waals surface area contributed by atoms with Gasteiger partial charge in [-0.2, -0.15) is 0 Å². The average Bonchev–Trinajstić information content (AvgIpc) is 2.65. The van der Waals surface area contributed by atoms with Gasteiger partial charge in [-0.25, -0.2) is 4.79 Å². The molecule has 1 N–H and O–H groups in total. The molecule has 2 aromatic carbocycles. The normalized spacial score (nSPS) is 16.7. The summed E-state index contributed by atoms with van der Waals surface area (Å²) in [6.45, 7) is 4.12. The highest BCUT2D eigenvalue weighted by atomic mass is 16.6. The van der Waals surface area contributed by atoms with E-state index in [4.69, 9.17) is 9.47 Å². The SMILES string of the molecule is CC1=C(C(=O)OCCOc2ccccc2)C(c2ccccc2C)CC(=O)N1. The standard InChI is InChI=1S/C22H23NO4/c1-15-8-6-7-11-18(15)19-14-20(24)23-16(2)21(19)22(25)27-13-12-26-17-9-4-3-5-10-17/h3-11,19H,12-14H2,1-2H3,(H,23,24). The molecule has 0 saturated carbocycles. The van der Waals surface area contributed by atoms with Crippen LogP contribution in [0.4, 0.5) is 0 Å². The summed E-state index contributed by atoms with van der Waals surface area (Å²) in [5, 5.41) is 2.75. The van der Waals surface area contributed by atoms with Crippen LogP contribution in [0.15, 0.2) is 65.9 Å². The fraction of sp³-hybridized carbons (Fsp3) is 0.273. The maximum atomic E-state index is 12.7. The molecule has 27 heavy (non-hydrogen) atoms. The van der Waals surface area contributed by atoms with Crippen LogP contribution in [-0.2, 0) is 14.3 Å². The fourth-order valence-electron chi connectivity index (χ4n) is 3.30. The highest BCUT2D eigenvalue weighted by Crippen LogP contribution is 2.35. The van der Waals surface area contributed by atoms with Crippen molar-refractivity contribution in [3.05, 3.63) is 77.0 Å². The number of carbonyl (C=O) groups is 2. The van der Waals surface area contributed by atoms with Crippen molar-refractivity contribution in [2.75, 3.05) is 13.2 Å². The second-order valence-electron chi connectivity index (χ2n) is 6.50. The Bertz CT molecular complexity index is 858. The Morgan fingerprint density at radius 3 is 2.48 bits per heavy atom. The fourth-order valence-corrected chi connectivity index (χ4v) is 3.30. The molecule has 1 aliphatic rings. The topological polar surface area (TPSA) is 64.6 Å². The van der Waals surface area contributed by atoms with Crippen LogP contribution in [0, 0.1) is 6.92 Å². The molecule has 140 valence electrons. The smallest absolute Gasteiger partial charge is 0.336 e. The lowest BCUT2D eigenvalue weighted by Crippen LogP contribution is -2.34. The molecule has 0 saturated heterocycles. The molecule has 0 radical (unpaired) electrons. The third-order valence-electron chi connectivity index (χ3n) is 4.58. The predicted molar refractivity (Wildman–Crippen MR) is 102 cm³/mol. The molecule has 0 aliphatic carbocycles.